The number of hydrogen-bond acceptors (Lipinski definition) is 4. The van der Waals surface area contributed by atoms with Gasteiger partial charge in [0, 0.05) is 16.1 Å². The van der Waals surface area contributed by atoms with Gasteiger partial charge in [-0.1, -0.05) is 18.2 Å². The van der Waals surface area contributed by atoms with Gasteiger partial charge in [-0.3, -0.25) is 9.59 Å². The van der Waals surface area contributed by atoms with E-state index in [-0.39, 0.29) is 0 Å². The lowest BCUT2D eigenvalue weighted by atomic mass is 10.2. The lowest BCUT2D eigenvalue weighted by Crippen LogP contribution is -2.03. The van der Waals surface area contributed by atoms with Crippen LogP contribution in [0.1, 0.15) is 22.8 Å². The molecule has 0 aliphatic heterocycles. The fraction of sp³-hybridized carbons (Fsp3) is 0.125. The predicted molar refractivity (Wildman–Crippen MR) is 86.6 cm³/mol. The Morgan fingerprint density at radius 3 is 2.67 bits per heavy atom. The first kappa shape index (κ1) is 15.5. The molecule has 2 aromatic carbocycles. The maximum absolute atomic E-state index is 11.1. The topological polar surface area (TPSA) is 52.6 Å². The molecule has 108 valence electrons. The molecule has 0 radical (unpaired) electrons. The van der Waals surface area contributed by atoms with Gasteiger partial charge in [0.2, 0.25) is 0 Å². The molecule has 5 heteroatoms. The molecule has 0 aliphatic carbocycles. The van der Waals surface area contributed by atoms with E-state index in [2.05, 4.69) is 22.6 Å². The zero-order chi connectivity index (χ0) is 15.2. The van der Waals surface area contributed by atoms with Crippen LogP contribution in [-0.2, 0) is 11.4 Å². The van der Waals surface area contributed by atoms with Gasteiger partial charge in [-0.05, 0) is 46.9 Å². The van der Waals surface area contributed by atoms with Gasteiger partial charge in [0.25, 0.3) is 0 Å². The summed E-state index contributed by atoms with van der Waals surface area (Å²) in [4.78, 5) is 22.0. The van der Waals surface area contributed by atoms with Crippen molar-refractivity contribution in [2.24, 2.45) is 0 Å². The molecule has 21 heavy (non-hydrogen) atoms. The Hall–Kier alpha value is -1.89. The Bertz CT molecular complexity index is 667. The van der Waals surface area contributed by atoms with Crippen LogP contribution >= 0.6 is 22.6 Å². The monoisotopic (exact) mass is 396 g/mol. The molecule has 0 aliphatic rings. The van der Waals surface area contributed by atoms with Gasteiger partial charge >= 0.3 is 5.97 Å². The minimum Gasteiger partial charge on any atom is -0.488 e. The second kappa shape index (κ2) is 7.21. The van der Waals surface area contributed by atoms with E-state index in [1.165, 1.54) is 13.0 Å². The largest absolute Gasteiger partial charge is 0.488 e. The fourth-order valence-corrected chi connectivity index (χ4v) is 2.29. The van der Waals surface area contributed by atoms with Crippen LogP contribution in [0.4, 0.5) is 0 Å². The van der Waals surface area contributed by atoms with Crippen molar-refractivity contribution >= 4 is 34.8 Å². The van der Waals surface area contributed by atoms with Gasteiger partial charge in [-0.25, -0.2) is 0 Å². The standard InChI is InChI=1S/C16H13IO4/c1-11(19)21-14-6-7-16(13(8-14)9-18)20-10-12-4-2-3-5-15(12)17/h2-9H,10H2,1H3. The third kappa shape index (κ3) is 4.29. The van der Waals surface area contributed by atoms with Crippen molar-refractivity contribution in [1.82, 2.24) is 0 Å². The molecular weight excluding hydrogens is 383 g/mol. The number of ether oxygens (including phenoxy) is 2. The number of aldehydes is 1. The minimum absolute atomic E-state index is 0.325. The number of rotatable bonds is 5. The molecule has 2 rings (SSSR count). The van der Waals surface area contributed by atoms with Gasteiger partial charge in [-0.15, -0.1) is 0 Å². The number of benzene rings is 2. The first-order valence-corrected chi connectivity index (χ1v) is 7.32. The molecule has 0 saturated carbocycles. The van der Waals surface area contributed by atoms with Crippen molar-refractivity contribution < 1.29 is 19.1 Å². The lowest BCUT2D eigenvalue weighted by Gasteiger charge is -2.11. The molecule has 0 amide bonds. The molecule has 0 spiro atoms. The van der Waals surface area contributed by atoms with Crippen molar-refractivity contribution in [2.75, 3.05) is 0 Å². The number of esters is 1. The maximum Gasteiger partial charge on any atom is 0.308 e. The third-order valence-electron chi connectivity index (χ3n) is 2.71. The second-order valence-corrected chi connectivity index (χ2v) is 5.45. The lowest BCUT2D eigenvalue weighted by molar-refractivity contribution is -0.131. The molecule has 0 N–H and O–H groups in total. The maximum atomic E-state index is 11.1. The molecule has 0 heterocycles. The highest BCUT2D eigenvalue weighted by atomic mass is 127. The number of carbonyl (C=O) groups excluding carboxylic acids is 2. The van der Waals surface area contributed by atoms with Crippen LogP contribution in [0.5, 0.6) is 11.5 Å². The van der Waals surface area contributed by atoms with Crippen molar-refractivity contribution in [3.05, 3.63) is 57.2 Å². The van der Waals surface area contributed by atoms with E-state index >= 15 is 0 Å². The molecule has 0 saturated heterocycles. The van der Waals surface area contributed by atoms with Gasteiger partial charge in [-0.2, -0.15) is 0 Å². The molecule has 2 aromatic rings. The van der Waals surface area contributed by atoms with Gasteiger partial charge < -0.3 is 9.47 Å². The first-order valence-electron chi connectivity index (χ1n) is 6.24. The van der Waals surface area contributed by atoms with E-state index in [1.807, 2.05) is 24.3 Å². The van der Waals surface area contributed by atoms with Crippen LogP contribution in [0.2, 0.25) is 0 Å². The minimum atomic E-state index is -0.431. The number of carbonyl (C=O) groups is 2. The number of halogens is 1. The molecular formula is C16H13IO4. The van der Waals surface area contributed by atoms with Crippen molar-refractivity contribution in [1.29, 1.82) is 0 Å². The predicted octanol–water partition coefficient (Wildman–Crippen LogP) is 3.61. The van der Waals surface area contributed by atoms with Crippen LogP contribution in [0.15, 0.2) is 42.5 Å². The quantitative estimate of drug-likeness (QED) is 0.336. The van der Waals surface area contributed by atoms with E-state index in [4.69, 9.17) is 9.47 Å². The highest BCUT2D eigenvalue weighted by Gasteiger charge is 2.08. The zero-order valence-electron chi connectivity index (χ0n) is 11.3. The highest BCUT2D eigenvalue weighted by molar-refractivity contribution is 14.1. The van der Waals surface area contributed by atoms with E-state index in [0.29, 0.717) is 30.0 Å². The molecule has 4 nitrogen and oxygen atoms in total. The summed E-state index contributed by atoms with van der Waals surface area (Å²) in [6, 6.07) is 12.6. The zero-order valence-corrected chi connectivity index (χ0v) is 13.5. The normalized spacial score (nSPS) is 10.0. The summed E-state index contributed by atoms with van der Waals surface area (Å²) in [5.74, 6) is 0.353. The summed E-state index contributed by atoms with van der Waals surface area (Å²) >= 11 is 2.23. The van der Waals surface area contributed by atoms with Crippen LogP contribution in [0.25, 0.3) is 0 Å². The Morgan fingerprint density at radius 2 is 2.00 bits per heavy atom. The molecule has 0 atom stereocenters. The molecule has 0 bridgehead atoms. The smallest absolute Gasteiger partial charge is 0.308 e. The Kier molecular flexibility index (Phi) is 5.32. The van der Waals surface area contributed by atoms with Crippen molar-refractivity contribution in [2.45, 2.75) is 13.5 Å². The third-order valence-corrected chi connectivity index (χ3v) is 3.76. The average molecular weight is 396 g/mol. The second-order valence-electron chi connectivity index (χ2n) is 4.29. The Labute approximate surface area is 136 Å². The van der Waals surface area contributed by atoms with E-state index in [9.17, 15) is 9.59 Å². The Balaban J connectivity index is 2.15. The summed E-state index contributed by atoms with van der Waals surface area (Å²) in [5, 5.41) is 0. The van der Waals surface area contributed by atoms with Crippen LogP contribution < -0.4 is 9.47 Å². The van der Waals surface area contributed by atoms with Crippen LogP contribution in [0, 0.1) is 3.57 Å². The van der Waals surface area contributed by atoms with Crippen molar-refractivity contribution in [3.8, 4) is 11.5 Å². The SMILES string of the molecule is CC(=O)Oc1ccc(OCc2ccccc2I)c(C=O)c1. The van der Waals surface area contributed by atoms with E-state index < -0.39 is 5.97 Å². The van der Waals surface area contributed by atoms with Crippen LogP contribution in [0.3, 0.4) is 0 Å². The number of hydrogen-bond donors (Lipinski definition) is 0. The van der Waals surface area contributed by atoms with E-state index in [1.54, 1.807) is 12.1 Å². The average Bonchev–Trinajstić information content (AvgIpc) is 2.46. The van der Waals surface area contributed by atoms with Gasteiger partial charge in [0.05, 0.1) is 5.56 Å². The molecule has 0 unspecified atom stereocenters. The Morgan fingerprint density at radius 1 is 1.24 bits per heavy atom. The van der Waals surface area contributed by atoms with Gasteiger partial charge in [0.15, 0.2) is 6.29 Å². The molecule has 0 fully saturated rings. The summed E-state index contributed by atoms with van der Waals surface area (Å²) in [6.45, 7) is 1.68. The summed E-state index contributed by atoms with van der Waals surface area (Å²) in [7, 11) is 0. The first-order chi connectivity index (χ1) is 10.1. The molecule has 0 aromatic heterocycles. The van der Waals surface area contributed by atoms with E-state index in [0.717, 1.165) is 9.13 Å². The summed E-state index contributed by atoms with van der Waals surface area (Å²) in [6.07, 6.45) is 0.679. The van der Waals surface area contributed by atoms with Crippen LogP contribution in [-0.4, -0.2) is 12.3 Å². The summed E-state index contributed by atoms with van der Waals surface area (Å²) < 4.78 is 11.7. The van der Waals surface area contributed by atoms with Gasteiger partial charge in [0.1, 0.15) is 18.1 Å². The fourth-order valence-electron chi connectivity index (χ4n) is 1.75. The summed E-state index contributed by atoms with van der Waals surface area (Å²) in [5.41, 5.74) is 1.39. The highest BCUT2D eigenvalue weighted by Crippen LogP contribution is 2.24. The van der Waals surface area contributed by atoms with Crippen molar-refractivity contribution in [3.63, 3.8) is 0 Å².